The van der Waals surface area contributed by atoms with E-state index in [9.17, 15) is 4.79 Å². The van der Waals surface area contributed by atoms with Gasteiger partial charge in [0.25, 0.3) is 5.91 Å². The number of rotatable bonds is 3. The molecule has 0 fully saturated rings. The molecule has 5 heteroatoms. The van der Waals surface area contributed by atoms with E-state index in [1.165, 1.54) is 11.0 Å². The Balaban J connectivity index is 2.78. The fourth-order valence-electron chi connectivity index (χ4n) is 1.12. The maximum absolute atomic E-state index is 11.6. The van der Waals surface area contributed by atoms with Gasteiger partial charge in [-0.05, 0) is 13.8 Å². The van der Waals surface area contributed by atoms with Gasteiger partial charge in [0.05, 0.1) is 6.20 Å². The Morgan fingerprint density at radius 1 is 1.54 bits per heavy atom. The zero-order chi connectivity index (χ0) is 9.84. The zero-order valence-electron chi connectivity index (χ0n) is 8.19. The van der Waals surface area contributed by atoms with Crippen molar-refractivity contribution in [3.63, 3.8) is 0 Å². The number of amides is 1. The van der Waals surface area contributed by atoms with Gasteiger partial charge in [0, 0.05) is 20.1 Å². The van der Waals surface area contributed by atoms with Crippen molar-refractivity contribution in [3.05, 3.63) is 11.9 Å². The molecule has 0 N–H and O–H groups in total. The molecule has 1 heterocycles. The molecule has 72 valence electrons. The van der Waals surface area contributed by atoms with Crippen LogP contribution in [-0.4, -0.2) is 38.9 Å². The van der Waals surface area contributed by atoms with Gasteiger partial charge in [-0.1, -0.05) is 0 Å². The molecule has 1 amide bonds. The third kappa shape index (κ3) is 2.05. The minimum absolute atomic E-state index is 0.0573. The average Bonchev–Trinajstić information content (AvgIpc) is 2.54. The van der Waals surface area contributed by atoms with Crippen molar-refractivity contribution in [3.8, 4) is 0 Å². The van der Waals surface area contributed by atoms with E-state index >= 15 is 0 Å². The largest absolute Gasteiger partial charge is 0.338 e. The van der Waals surface area contributed by atoms with Crippen LogP contribution in [0.25, 0.3) is 0 Å². The summed E-state index contributed by atoms with van der Waals surface area (Å²) in [4.78, 5) is 14.7. The Labute approximate surface area is 77.3 Å². The van der Waals surface area contributed by atoms with Crippen LogP contribution in [0.15, 0.2) is 6.20 Å². The molecule has 0 atom stereocenters. The molecular formula is C8H14N4O. The van der Waals surface area contributed by atoms with Crippen molar-refractivity contribution >= 4 is 5.91 Å². The van der Waals surface area contributed by atoms with Gasteiger partial charge in [0.1, 0.15) is 0 Å². The summed E-state index contributed by atoms with van der Waals surface area (Å²) < 4.78 is 0. The van der Waals surface area contributed by atoms with E-state index < -0.39 is 0 Å². The van der Waals surface area contributed by atoms with Crippen LogP contribution in [0.1, 0.15) is 24.3 Å². The second-order valence-corrected chi connectivity index (χ2v) is 2.70. The van der Waals surface area contributed by atoms with E-state index in [1.807, 2.05) is 13.8 Å². The first kappa shape index (κ1) is 9.70. The van der Waals surface area contributed by atoms with E-state index in [4.69, 9.17) is 0 Å². The third-order valence-corrected chi connectivity index (χ3v) is 1.87. The highest BCUT2D eigenvalue weighted by Crippen LogP contribution is 1.98. The van der Waals surface area contributed by atoms with Gasteiger partial charge in [-0.2, -0.15) is 9.90 Å². The highest BCUT2D eigenvalue weighted by atomic mass is 16.2. The first-order chi connectivity index (χ1) is 6.19. The number of carbonyl (C=O) groups excluding carboxylic acids is 1. The highest BCUT2D eigenvalue weighted by molar-refractivity contribution is 5.91. The van der Waals surface area contributed by atoms with Crippen LogP contribution in [0.4, 0.5) is 0 Å². The molecule has 0 aromatic carbocycles. The lowest BCUT2D eigenvalue weighted by molar-refractivity contribution is 0.0766. The molecular weight excluding hydrogens is 168 g/mol. The predicted octanol–water partition coefficient (Wildman–Crippen LogP) is 0.297. The van der Waals surface area contributed by atoms with Crippen LogP contribution < -0.4 is 0 Å². The molecule has 0 aliphatic carbocycles. The fraction of sp³-hybridized carbons (Fsp3) is 0.625. The minimum Gasteiger partial charge on any atom is -0.338 e. The summed E-state index contributed by atoms with van der Waals surface area (Å²) >= 11 is 0. The topological polar surface area (TPSA) is 51.0 Å². The van der Waals surface area contributed by atoms with Crippen LogP contribution in [0, 0.1) is 0 Å². The lowest BCUT2D eigenvalue weighted by Crippen LogP contribution is -2.30. The molecule has 1 rings (SSSR count). The van der Waals surface area contributed by atoms with Crippen LogP contribution >= 0.6 is 0 Å². The summed E-state index contributed by atoms with van der Waals surface area (Å²) in [6.07, 6.45) is 1.49. The van der Waals surface area contributed by atoms with Gasteiger partial charge in [0.15, 0.2) is 5.69 Å². The molecule has 0 bridgehead atoms. The van der Waals surface area contributed by atoms with Gasteiger partial charge >= 0.3 is 0 Å². The fourth-order valence-corrected chi connectivity index (χ4v) is 1.12. The Kier molecular flexibility index (Phi) is 3.00. The van der Waals surface area contributed by atoms with Crippen LogP contribution in [0.3, 0.4) is 0 Å². The molecule has 0 radical (unpaired) electrons. The summed E-state index contributed by atoms with van der Waals surface area (Å²) in [5.74, 6) is -0.0573. The number of hydrogen-bond acceptors (Lipinski definition) is 3. The zero-order valence-corrected chi connectivity index (χ0v) is 8.19. The Morgan fingerprint density at radius 3 is 2.54 bits per heavy atom. The van der Waals surface area contributed by atoms with Gasteiger partial charge < -0.3 is 4.90 Å². The second-order valence-electron chi connectivity index (χ2n) is 2.70. The average molecular weight is 182 g/mol. The molecule has 0 saturated carbocycles. The van der Waals surface area contributed by atoms with E-state index in [0.29, 0.717) is 18.8 Å². The SMILES string of the molecule is CCN(CC)C(=O)c1cnn(C)n1. The van der Waals surface area contributed by atoms with Gasteiger partial charge in [-0.25, -0.2) is 0 Å². The highest BCUT2D eigenvalue weighted by Gasteiger charge is 2.14. The van der Waals surface area contributed by atoms with Crippen LogP contribution in [-0.2, 0) is 7.05 Å². The Bertz CT molecular complexity index is 290. The minimum atomic E-state index is -0.0573. The molecule has 1 aromatic rings. The molecule has 0 aliphatic rings. The number of carbonyl (C=O) groups is 1. The first-order valence-electron chi connectivity index (χ1n) is 4.34. The van der Waals surface area contributed by atoms with Gasteiger partial charge in [-0.3, -0.25) is 4.79 Å². The summed E-state index contributed by atoms with van der Waals surface area (Å²) in [6, 6.07) is 0. The summed E-state index contributed by atoms with van der Waals surface area (Å²) in [6.45, 7) is 5.29. The lowest BCUT2D eigenvalue weighted by atomic mass is 10.4. The first-order valence-corrected chi connectivity index (χ1v) is 4.34. The molecule has 13 heavy (non-hydrogen) atoms. The molecule has 0 aliphatic heterocycles. The van der Waals surface area contributed by atoms with Crippen molar-refractivity contribution < 1.29 is 4.79 Å². The monoisotopic (exact) mass is 182 g/mol. The summed E-state index contributed by atoms with van der Waals surface area (Å²) in [5.41, 5.74) is 0.409. The van der Waals surface area contributed by atoms with Crippen molar-refractivity contribution in [2.45, 2.75) is 13.8 Å². The van der Waals surface area contributed by atoms with Crippen molar-refractivity contribution in [2.24, 2.45) is 7.05 Å². The molecule has 5 nitrogen and oxygen atoms in total. The van der Waals surface area contributed by atoms with Crippen molar-refractivity contribution in [2.75, 3.05) is 13.1 Å². The number of hydrogen-bond donors (Lipinski definition) is 0. The maximum atomic E-state index is 11.6. The number of nitrogens with zero attached hydrogens (tertiary/aromatic N) is 4. The molecule has 1 aromatic heterocycles. The van der Waals surface area contributed by atoms with Gasteiger partial charge in [0.2, 0.25) is 0 Å². The third-order valence-electron chi connectivity index (χ3n) is 1.87. The lowest BCUT2D eigenvalue weighted by Gasteiger charge is -2.16. The maximum Gasteiger partial charge on any atom is 0.276 e. The Hall–Kier alpha value is -1.39. The second kappa shape index (κ2) is 4.02. The Morgan fingerprint density at radius 2 is 2.15 bits per heavy atom. The number of aryl methyl sites for hydroxylation is 1. The number of aromatic nitrogens is 3. The van der Waals surface area contributed by atoms with E-state index in [-0.39, 0.29) is 5.91 Å². The molecule has 0 unspecified atom stereocenters. The van der Waals surface area contributed by atoms with E-state index in [0.717, 1.165) is 0 Å². The van der Waals surface area contributed by atoms with E-state index in [1.54, 1.807) is 11.9 Å². The predicted molar refractivity (Wildman–Crippen MR) is 48.3 cm³/mol. The van der Waals surface area contributed by atoms with Crippen LogP contribution in [0.5, 0.6) is 0 Å². The van der Waals surface area contributed by atoms with E-state index in [2.05, 4.69) is 10.2 Å². The standard InChI is InChI=1S/C8H14N4O/c1-4-12(5-2)8(13)7-6-9-11(3)10-7/h6H,4-5H2,1-3H3. The van der Waals surface area contributed by atoms with Gasteiger partial charge in [-0.15, -0.1) is 5.10 Å². The normalized spacial score (nSPS) is 10.1. The smallest absolute Gasteiger partial charge is 0.276 e. The summed E-state index contributed by atoms with van der Waals surface area (Å²) in [7, 11) is 1.69. The quantitative estimate of drug-likeness (QED) is 0.675. The summed E-state index contributed by atoms with van der Waals surface area (Å²) in [5, 5.41) is 7.79. The molecule has 0 spiro atoms. The van der Waals surface area contributed by atoms with Crippen molar-refractivity contribution in [1.29, 1.82) is 0 Å². The van der Waals surface area contributed by atoms with Crippen LogP contribution in [0.2, 0.25) is 0 Å². The van der Waals surface area contributed by atoms with Crippen molar-refractivity contribution in [1.82, 2.24) is 19.9 Å². The molecule has 0 saturated heterocycles.